The highest BCUT2D eigenvalue weighted by atomic mass is 16.6. The van der Waals surface area contributed by atoms with Crippen molar-refractivity contribution in [2.45, 2.75) is 45.8 Å². The molecule has 0 N–H and O–H groups in total. The molecule has 7 nitrogen and oxygen atoms in total. The third-order valence-electron chi connectivity index (χ3n) is 4.00. The van der Waals surface area contributed by atoms with Gasteiger partial charge in [-0.1, -0.05) is 0 Å². The van der Waals surface area contributed by atoms with Gasteiger partial charge in [-0.05, 0) is 38.8 Å². The molecule has 1 aliphatic rings. The van der Waals surface area contributed by atoms with E-state index in [0.717, 1.165) is 0 Å². The van der Waals surface area contributed by atoms with Crippen LogP contribution in [0.3, 0.4) is 0 Å². The van der Waals surface area contributed by atoms with Gasteiger partial charge in [-0.3, -0.25) is 9.69 Å². The quantitative estimate of drug-likeness (QED) is 0.832. The number of fused-ring (bicyclic) bond motifs is 1. The van der Waals surface area contributed by atoms with Gasteiger partial charge in [0.15, 0.2) is 0 Å². The summed E-state index contributed by atoms with van der Waals surface area (Å²) < 4.78 is 5.32. The van der Waals surface area contributed by atoms with Gasteiger partial charge in [0.05, 0.1) is 23.5 Å². The predicted molar refractivity (Wildman–Crippen MR) is 88.3 cm³/mol. The Morgan fingerprint density at radius 2 is 2.17 bits per heavy atom. The average Bonchev–Trinajstić information content (AvgIpc) is 2.72. The number of pyridine rings is 1. The number of amides is 2. The number of rotatable bonds is 2. The summed E-state index contributed by atoms with van der Waals surface area (Å²) in [6.45, 7) is 5.55. The summed E-state index contributed by atoms with van der Waals surface area (Å²) in [5.74, 6) is -0.0895. The van der Waals surface area contributed by atoms with Crippen LogP contribution < -0.4 is 4.90 Å². The largest absolute Gasteiger partial charge is 0.446 e. The van der Waals surface area contributed by atoms with E-state index in [0.29, 0.717) is 30.8 Å². The van der Waals surface area contributed by atoms with Gasteiger partial charge in [-0.25, -0.2) is 9.78 Å². The molecule has 1 aromatic heterocycles. The number of anilines is 1. The summed E-state index contributed by atoms with van der Waals surface area (Å²) in [4.78, 5) is 31.8. The minimum atomic E-state index is -0.441. The molecule has 1 atom stereocenters. The molecule has 0 bridgehead atoms. The second-order valence-corrected chi connectivity index (χ2v) is 6.08. The summed E-state index contributed by atoms with van der Waals surface area (Å²) >= 11 is 0. The third-order valence-corrected chi connectivity index (χ3v) is 4.00. The van der Waals surface area contributed by atoms with Crippen LogP contribution in [0.25, 0.3) is 0 Å². The molecule has 0 aromatic carbocycles. The topological polar surface area (TPSA) is 86.5 Å². The van der Waals surface area contributed by atoms with Crippen molar-refractivity contribution in [2.75, 3.05) is 18.5 Å². The first-order valence-corrected chi connectivity index (χ1v) is 7.97. The number of nitrogens with zero attached hydrogens (tertiary/aromatic N) is 4. The van der Waals surface area contributed by atoms with Crippen LogP contribution in [0.5, 0.6) is 0 Å². The Labute approximate surface area is 141 Å². The molecule has 0 fully saturated rings. The molecule has 0 saturated carbocycles. The van der Waals surface area contributed by atoms with Gasteiger partial charge < -0.3 is 9.64 Å². The van der Waals surface area contributed by atoms with E-state index >= 15 is 0 Å². The molecule has 1 aromatic rings. The van der Waals surface area contributed by atoms with E-state index in [1.54, 1.807) is 37.9 Å². The van der Waals surface area contributed by atoms with E-state index in [2.05, 4.69) is 4.98 Å². The highest BCUT2D eigenvalue weighted by Gasteiger charge is 2.32. The Morgan fingerprint density at radius 1 is 1.46 bits per heavy atom. The molecule has 2 heterocycles. The van der Waals surface area contributed by atoms with Crippen molar-refractivity contribution in [2.24, 2.45) is 0 Å². The monoisotopic (exact) mass is 330 g/mol. The Balaban J connectivity index is 2.50. The van der Waals surface area contributed by atoms with Crippen molar-refractivity contribution in [3.63, 3.8) is 0 Å². The van der Waals surface area contributed by atoms with Gasteiger partial charge >= 0.3 is 6.09 Å². The number of nitriles is 1. The SMILES string of the molecule is CC(=O)N(C)C1CCCN(C(=O)OC(C)C)c2ccc(C#N)nc21. The van der Waals surface area contributed by atoms with Gasteiger partial charge in [0.25, 0.3) is 0 Å². The smallest absolute Gasteiger partial charge is 0.414 e. The van der Waals surface area contributed by atoms with Gasteiger partial charge in [-0.15, -0.1) is 0 Å². The minimum Gasteiger partial charge on any atom is -0.446 e. The van der Waals surface area contributed by atoms with Crippen LogP contribution in [0.4, 0.5) is 10.5 Å². The summed E-state index contributed by atoms with van der Waals surface area (Å²) in [5.41, 5.74) is 1.41. The molecule has 1 aliphatic heterocycles. The molecular weight excluding hydrogens is 308 g/mol. The second kappa shape index (κ2) is 7.30. The van der Waals surface area contributed by atoms with Gasteiger partial charge in [0.2, 0.25) is 5.91 Å². The van der Waals surface area contributed by atoms with Crippen molar-refractivity contribution in [1.29, 1.82) is 5.26 Å². The number of carbonyl (C=O) groups excluding carboxylic acids is 2. The number of carbonyl (C=O) groups is 2. The molecule has 0 radical (unpaired) electrons. The predicted octanol–water partition coefficient (Wildman–Crippen LogP) is 2.62. The van der Waals surface area contributed by atoms with Gasteiger partial charge in [0.1, 0.15) is 11.8 Å². The van der Waals surface area contributed by atoms with Crippen LogP contribution in [0.1, 0.15) is 51.0 Å². The lowest BCUT2D eigenvalue weighted by molar-refractivity contribution is -0.129. The van der Waals surface area contributed by atoms with Crippen molar-refractivity contribution in [3.8, 4) is 6.07 Å². The van der Waals surface area contributed by atoms with Crippen LogP contribution >= 0.6 is 0 Å². The first kappa shape index (κ1) is 17.7. The molecule has 128 valence electrons. The lowest BCUT2D eigenvalue weighted by Crippen LogP contribution is -2.34. The molecule has 2 rings (SSSR count). The summed E-state index contributed by atoms with van der Waals surface area (Å²) in [6, 6.07) is 5.02. The number of aromatic nitrogens is 1. The zero-order chi connectivity index (χ0) is 17.9. The van der Waals surface area contributed by atoms with E-state index in [1.807, 2.05) is 6.07 Å². The zero-order valence-corrected chi connectivity index (χ0v) is 14.4. The maximum absolute atomic E-state index is 12.4. The maximum Gasteiger partial charge on any atom is 0.414 e. The summed E-state index contributed by atoms with van der Waals surface area (Å²) in [5, 5.41) is 9.14. The van der Waals surface area contributed by atoms with Gasteiger partial charge in [0, 0.05) is 20.5 Å². The molecule has 2 amide bonds. The average molecular weight is 330 g/mol. The normalized spacial score (nSPS) is 16.8. The fourth-order valence-corrected chi connectivity index (χ4v) is 2.75. The molecule has 0 aliphatic carbocycles. The highest BCUT2D eigenvalue weighted by molar-refractivity contribution is 5.89. The van der Waals surface area contributed by atoms with Crippen LogP contribution in [0.15, 0.2) is 12.1 Å². The van der Waals surface area contributed by atoms with Gasteiger partial charge in [-0.2, -0.15) is 5.26 Å². The number of ether oxygens (including phenoxy) is 1. The Bertz CT molecular complexity index is 681. The van der Waals surface area contributed by atoms with Crippen molar-refractivity contribution < 1.29 is 14.3 Å². The fourth-order valence-electron chi connectivity index (χ4n) is 2.75. The molecular formula is C17H22N4O3. The third kappa shape index (κ3) is 3.65. The lowest BCUT2D eigenvalue weighted by Gasteiger charge is -2.28. The maximum atomic E-state index is 12.4. The molecule has 0 spiro atoms. The molecule has 24 heavy (non-hydrogen) atoms. The Kier molecular flexibility index (Phi) is 5.39. The van der Waals surface area contributed by atoms with E-state index in [9.17, 15) is 9.59 Å². The van der Waals surface area contributed by atoms with Crippen LogP contribution in [0, 0.1) is 11.3 Å². The standard InChI is InChI=1S/C17H22N4O3/c1-11(2)24-17(23)21-9-5-6-14(20(4)12(3)22)16-15(21)8-7-13(10-18)19-16/h7-8,11,14H,5-6,9H2,1-4H3. The highest BCUT2D eigenvalue weighted by Crippen LogP contribution is 2.35. The number of hydrogen-bond donors (Lipinski definition) is 0. The summed E-state index contributed by atoms with van der Waals surface area (Å²) in [7, 11) is 1.71. The van der Waals surface area contributed by atoms with Crippen molar-refractivity contribution >= 4 is 17.7 Å². The molecule has 7 heteroatoms. The minimum absolute atomic E-state index is 0.0895. The first-order chi connectivity index (χ1) is 11.3. The zero-order valence-electron chi connectivity index (χ0n) is 14.4. The van der Waals surface area contributed by atoms with E-state index in [-0.39, 0.29) is 23.7 Å². The van der Waals surface area contributed by atoms with Crippen LogP contribution in [-0.4, -0.2) is 41.6 Å². The molecule has 1 unspecified atom stereocenters. The van der Waals surface area contributed by atoms with Crippen LogP contribution in [0.2, 0.25) is 0 Å². The second-order valence-electron chi connectivity index (χ2n) is 6.08. The van der Waals surface area contributed by atoms with E-state index < -0.39 is 6.09 Å². The first-order valence-electron chi connectivity index (χ1n) is 7.97. The fraction of sp³-hybridized carbons (Fsp3) is 0.529. The van der Waals surface area contributed by atoms with Crippen LogP contribution in [-0.2, 0) is 9.53 Å². The number of hydrogen-bond acceptors (Lipinski definition) is 5. The van der Waals surface area contributed by atoms with E-state index in [4.69, 9.17) is 10.00 Å². The summed E-state index contributed by atoms with van der Waals surface area (Å²) in [6.07, 6.45) is 0.694. The van der Waals surface area contributed by atoms with Crippen molar-refractivity contribution in [3.05, 3.63) is 23.5 Å². The Hall–Kier alpha value is -2.62. The molecule has 0 saturated heterocycles. The van der Waals surface area contributed by atoms with Crippen molar-refractivity contribution in [1.82, 2.24) is 9.88 Å². The van der Waals surface area contributed by atoms with E-state index in [1.165, 1.54) is 11.8 Å². The Morgan fingerprint density at radius 3 is 2.75 bits per heavy atom. The lowest BCUT2D eigenvalue weighted by atomic mass is 10.1.